The zero-order valence-electron chi connectivity index (χ0n) is 18.8. The van der Waals surface area contributed by atoms with Crippen molar-refractivity contribution in [2.75, 3.05) is 16.8 Å². The van der Waals surface area contributed by atoms with Crippen molar-refractivity contribution in [1.29, 1.82) is 0 Å². The number of thiocarbonyl (C=S) groups is 1. The zero-order valence-corrected chi connectivity index (χ0v) is 19.6. The first-order chi connectivity index (χ1) is 15.0. The molecule has 2 amide bonds. The number of benzene rings is 2. The van der Waals surface area contributed by atoms with Crippen LogP contribution in [-0.4, -0.2) is 29.5 Å². The Morgan fingerprint density at radius 3 is 2.56 bits per heavy atom. The Labute approximate surface area is 192 Å². The molecule has 0 unspecified atom stereocenters. The molecule has 166 valence electrons. The van der Waals surface area contributed by atoms with Crippen LogP contribution in [0.5, 0.6) is 0 Å². The minimum absolute atomic E-state index is 0.00745. The summed E-state index contributed by atoms with van der Waals surface area (Å²) in [6, 6.07) is 10.00. The number of hydrogen-bond donors (Lipinski definition) is 1. The van der Waals surface area contributed by atoms with Gasteiger partial charge in [-0.2, -0.15) is 0 Å². The number of carbonyl (C=O) groups is 2. The molecular weight excluding hydrogens is 425 g/mol. The molecule has 0 saturated carbocycles. The molecule has 0 radical (unpaired) electrons. The van der Waals surface area contributed by atoms with E-state index in [1.54, 1.807) is 12.1 Å². The van der Waals surface area contributed by atoms with Crippen LogP contribution in [0.3, 0.4) is 0 Å². The van der Waals surface area contributed by atoms with Gasteiger partial charge in [-0.05, 0) is 92.4 Å². The van der Waals surface area contributed by atoms with E-state index in [9.17, 15) is 14.0 Å². The van der Waals surface area contributed by atoms with Gasteiger partial charge in [-0.15, -0.1) is 0 Å². The molecular formula is C25H26FN3O2S. The number of anilines is 2. The van der Waals surface area contributed by atoms with Gasteiger partial charge in [0.25, 0.3) is 11.8 Å². The molecule has 1 saturated heterocycles. The molecule has 2 aromatic carbocycles. The molecule has 1 N–H and O–H groups in total. The summed E-state index contributed by atoms with van der Waals surface area (Å²) in [6.45, 7) is 8.60. The highest BCUT2D eigenvalue weighted by Gasteiger charge is 2.37. The van der Waals surface area contributed by atoms with Gasteiger partial charge < -0.3 is 4.90 Å². The van der Waals surface area contributed by atoms with Gasteiger partial charge in [-0.1, -0.05) is 19.1 Å². The van der Waals surface area contributed by atoms with Gasteiger partial charge in [0, 0.05) is 18.3 Å². The second-order valence-corrected chi connectivity index (χ2v) is 9.54. The van der Waals surface area contributed by atoms with Crippen LogP contribution in [0.25, 0.3) is 6.08 Å². The van der Waals surface area contributed by atoms with E-state index in [1.807, 2.05) is 6.92 Å². The van der Waals surface area contributed by atoms with E-state index in [1.165, 1.54) is 23.8 Å². The van der Waals surface area contributed by atoms with E-state index in [0.29, 0.717) is 5.92 Å². The maximum atomic E-state index is 14.4. The van der Waals surface area contributed by atoms with Crippen molar-refractivity contribution in [2.24, 2.45) is 0 Å². The number of para-hydroxylation sites is 1. The number of hydrogen-bond acceptors (Lipinski definition) is 4. The third-order valence-corrected chi connectivity index (χ3v) is 6.80. The second-order valence-electron chi connectivity index (χ2n) is 9.15. The van der Waals surface area contributed by atoms with Gasteiger partial charge in [0.05, 0.1) is 5.69 Å². The topological polar surface area (TPSA) is 52.7 Å². The number of aryl methyl sites for hydroxylation is 1. The lowest BCUT2D eigenvalue weighted by Gasteiger charge is -2.45. The molecule has 0 aromatic heterocycles. The van der Waals surface area contributed by atoms with Crippen LogP contribution >= 0.6 is 12.2 Å². The first-order valence-corrected chi connectivity index (χ1v) is 11.0. The summed E-state index contributed by atoms with van der Waals surface area (Å²) in [5.41, 5.74) is 4.02. The molecule has 4 rings (SSSR count). The van der Waals surface area contributed by atoms with Crippen LogP contribution in [0.15, 0.2) is 42.0 Å². The number of halogens is 1. The summed E-state index contributed by atoms with van der Waals surface area (Å²) in [4.78, 5) is 29.2. The lowest BCUT2D eigenvalue weighted by atomic mass is 9.79. The van der Waals surface area contributed by atoms with Gasteiger partial charge in [-0.25, -0.2) is 9.29 Å². The van der Waals surface area contributed by atoms with E-state index >= 15 is 0 Å². The summed E-state index contributed by atoms with van der Waals surface area (Å²) in [5.74, 6) is -1.50. The van der Waals surface area contributed by atoms with Crippen LogP contribution in [0.2, 0.25) is 0 Å². The molecule has 2 heterocycles. The van der Waals surface area contributed by atoms with Crippen molar-refractivity contribution < 1.29 is 14.0 Å². The molecule has 1 fully saturated rings. The Balaban J connectivity index is 1.79. The predicted molar refractivity (Wildman–Crippen MR) is 129 cm³/mol. The Kier molecular flexibility index (Phi) is 5.41. The van der Waals surface area contributed by atoms with Crippen LogP contribution in [-0.2, 0) is 9.59 Å². The quantitative estimate of drug-likeness (QED) is 0.409. The number of fused-ring (bicyclic) bond motifs is 1. The Morgan fingerprint density at radius 1 is 1.19 bits per heavy atom. The smallest absolute Gasteiger partial charge is 0.270 e. The summed E-state index contributed by atoms with van der Waals surface area (Å²) in [6.07, 6.45) is 2.57. The molecule has 7 heteroatoms. The van der Waals surface area contributed by atoms with Crippen LogP contribution in [0.1, 0.15) is 49.8 Å². The number of nitrogens with one attached hydrogen (secondary N) is 1. The van der Waals surface area contributed by atoms with E-state index in [2.05, 4.69) is 50.2 Å². The fraction of sp³-hybridized carbons (Fsp3) is 0.320. The van der Waals surface area contributed by atoms with Gasteiger partial charge in [0.1, 0.15) is 11.4 Å². The van der Waals surface area contributed by atoms with Crippen molar-refractivity contribution in [3.05, 3.63) is 64.5 Å². The number of rotatable bonds is 2. The fourth-order valence-corrected chi connectivity index (χ4v) is 4.83. The molecule has 0 bridgehead atoms. The van der Waals surface area contributed by atoms with Crippen LogP contribution < -0.4 is 15.1 Å². The molecule has 0 spiro atoms. The highest BCUT2D eigenvalue weighted by molar-refractivity contribution is 7.80. The summed E-state index contributed by atoms with van der Waals surface area (Å²) >= 11 is 5.17. The van der Waals surface area contributed by atoms with Gasteiger partial charge >= 0.3 is 0 Å². The minimum Gasteiger partial charge on any atom is -0.369 e. The standard InChI is InChI=1S/C25H26FN3O2S/c1-14-10-21-17(15(2)13-25(3,4)28(21)5)11-16(14)12-18-22(30)27-24(32)29(23(18)31)20-9-7-6-8-19(20)26/h6-12,15H,13H2,1-5H3,(H,27,30,32)/b18-12+/t15-/m0/s1. The second kappa shape index (κ2) is 7.81. The third kappa shape index (κ3) is 3.60. The van der Waals surface area contributed by atoms with Crippen molar-refractivity contribution in [3.63, 3.8) is 0 Å². The Hall–Kier alpha value is -3.06. The molecule has 1 atom stereocenters. The monoisotopic (exact) mass is 451 g/mol. The average molecular weight is 452 g/mol. The SMILES string of the molecule is Cc1cc2c(cc1/C=C1\C(=O)NC(=S)N(c3ccccc3F)C1=O)[C@@H](C)CC(C)(C)N2C. The highest BCUT2D eigenvalue weighted by atomic mass is 32.1. The average Bonchev–Trinajstić information content (AvgIpc) is 2.71. The van der Waals surface area contributed by atoms with Gasteiger partial charge in [0.15, 0.2) is 5.11 Å². The molecule has 2 aliphatic heterocycles. The largest absolute Gasteiger partial charge is 0.369 e. The highest BCUT2D eigenvalue weighted by Crippen LogP contribution is 2.43. The van der Waals surface area contributed by atoms with E-state index in [0.717, 1.165) is 28.1 Å². The van der Waals surface area contributed by atoms with Crippen molar-refractivity contribution >= 4 is 46.6 Å². The Bertz CT molecular complexity index is 1190. The first kappa shape index (κ1) is 22.1. The summed E-state index contributed by atoms with van der Waals surface area (Å²) in [7, 11) is 2.09. The molecule has 0 aliphatic carbocycles. The number of amides is 2. The van der Waals surface area contributed by atoms with E-state index in [-0.39, 0.29) is 21.9 Å². The first-order valence-electron chi connectivity index (χ1n) is 10.6. The van der Waals surface area contributed by atoms with Crippen molar-refractivity contribution in [3.8, 4) is 0 Å². The van der Waals surface area contributed by atoms with E-state index < -0.39 is 17.6 Å². The number of carbonyl (C=O) groups excluding carboxylic acids is 2. The molecule has 2 aliphatic rings. The van der Waals surface area contributed by atoms with Gasteiger partial charge in [-0.3, -0.25) is 14.9 Å². The lowest BCUT2D eigenvalue weighted by molar-refractivity contribution is -0.122. The maximum Gasteiger partial charge on any atom is 0.270 e. The summed E-state index contributed by atoms with van der Waals surface area (Å²) < 4.78 is 14.4. The van der Waals surface area contributed by atoms with Crippen molar-refractivity contribution in [1.82, 2.24) is 5.32 Å². The molecule has 32 heavy (non-hydrogen) atoms. The number of nitrogens with zero attached hydrogens (tertiary/aromatic N) is 2. The predicted octanol–water partition coefficient (Wildman–Crippen LogP) is 4.69. The van der Waals surface area contributed by atoms with E-state index in [4.69, 9.17) is 12.2 Å². The van der Waals surface area contributed by atoms with Crippen LogP contribution in [0, 0.1) is 12.7 Å². The normalized spacial score (nSPS) is 21.6. The fourth-order valence-electron chi connectivity index (χ4n) is 4.55. The van der Waals surface area contributed by atoms with Crippen LogP contribution in [0.4, 0.5) is 15.8 Å². The van der Waals surface area contributed by atoms with Crippen molar-refractivity contribution in [2.45, 2.75) is 45.6 Å². The molecule has 5 nitrogen and oxygen atoms in total. The Morgan fingerprint density at radius 2 is 1.88 bits per heavy atom. The molecule has 2 aromatic rings. The van der Waals surface area contributed by atoms with Gasteiger partial charge in [0.2, 0.25) is 0 Å². The maximum absolute atomic E-state index is 14.4. The minimum atomic E-state index is -0.646. The summed E-state index contributed by atoms with van der Waals surface area (Å²) in [5, 5.41) is 2.38. The third-order valence-electron chi connectivity index (χ3n) is 6.52. The zero-order chi connectivity index (χ0) is 23.4. The lowest BCUT2D eigenvalue weighted by Crippen LogP contribution is -2.54.